The minimum Gasteiger partial charge on any atom is -0.374 e. The van der Waals surface area contributed by atoms with Crippen molar-refractivity contribution in [2.45, 2.75) is 26.1 Å². The molecular formula is C21H27N3O2. The number of amides is 2. The zero-order chi connectivity index (χ0) is 18.2. The molecule has 1 fully saturated rings. The molecule has 0 radical (unpaired) electrons. The summed E-state index contributed by atoms with van der Waals surface area (Å²) >= 11 is 0. The third-order valence-electron chi connectivity index (χ3n) is 4.54. The fourth-order valence-electron chi connectivity index (χ4n) is 3.05. The van der Waals surface area contributed by atoms with Gasteiger partial charge in [0, 0.05) is 32.7 Å². The summed E-state index contributed by atoms with van der Waals surface area (Å²) in [6, 6.07) is 18.4. The average molecular weight is 353 g/mol. The van der Waals surface area contributed by atoms with Crippen LogP contribution in [0.2, 0.25) is 0 Å². The molecule has 2 amide bonds. The second kappa shape index (κ2) is 9.36. The maximum absolute atomic E-state index is 12.0. The lowest BCUT2D eigenvalue weighted by Crippen LogP contribution is -2.48. The highest BCUT2D eigenvalue weighted by atomic mass is 16.5. The molecule has 26 heavy (non-hydrogen) atoms. The molecule has 1 aliphatic heterocycles. The van der Waals surface area contributed by atoms with Crippen LogP contribution in [0.15, 0.2) is 54.6 Å². The number of benzene rings is 2. The minimum absolute atomic E-state index is 0.0255. The first kappa shape index (κ1) is 18.4. The first-order valence-electron chi connectivity index (χ1n) is 9.14. The van der Waals surface area contributed by atoms with Crippen LogP contribution in [0.5, 0.6) is 0 Å². The molecule has 1 aliphatic rings. The molecule has 0 spiro atoms. The van der Waals surface area contributed by atoms with Gasteiger partial charge >= 0.3 is 6.03 Å². The Kier molecular flexibility index (Phi) is 6.63. The van der Waals surface area contributed by atoms with Crippen LogP contribution in [-0.2, 0) is 17.8 Å². The van der Waals surface area contributed by atoms with Gasteiger partial charge in [-0.3, -0.25) is 4.90 Å². The Hall–Kier alpha value is -2.37. The number of urea groups is 1. The Bertz CT molecular complexity index is 688. The number of carbonyl (C=O) groups is 1. The molecule has 0 unspecified atom stereocenters. The number of aryl methyl sites for hydroxylation is 1. The lowest BCUT2D eigenvalue weighted by molar-refractivity contribution is -0.0287. The van der Waals surface area contributed by atoms with Crippen molar-refractivity contribution in [1.29, 1.82) is 0 Å². The zero-order valence-electron chi connectivity index (χ0n) is 15.3. The van der Waals surface area contributed by atoms with Crippen LogP contribution in [0.3, 0.4) is 0 Å². The van der Waals surface area contributed by atoms with Crippen molar-refractivity contribution >= 4 is 6.03 Å². The number of rotatable bonds is 6. The monoisotopic (exact) mass is 353 g/mol. The van der Waals surface area contributed by atoms with E-state index in [9.17, 15) is 4.79 Å². The van der Waals surface area contributed by atoms with E-state index in [-0.39, 0.29) is 12.1 Å². The van der Waals surface area contributed by atoms with Crippen molar-refractivity contribution in [2.75, 3.05) is 26.2 Å². The Morgan fingerprint density at radius 1 is 1.08 bits per heavy atom. The number of hydrogen-bond acceptors (Lipinski definition) is 3. The summed E-state index contributed by atoms with van der Waals surface area (Å²) in [5.74, 6) is 0. The van der Waals surface area contributed by atoms with Crippen molar-refractivity contribution in [1.82, 2.24) is 15.5 Å². The number of nitrogens with zero attached hydrogens (tertiary/aromatic N) is 1. The van der Waals surface area contributed by atoms with Crippen molar-refractivity contribution in [3.05, 3.63) is 71.3 Å². The lowest BCUT2D eigenvalue weighted by Gasteiger charge is -2.33. The van der Waals surface area contributed by atoms with Crippen LogP contribution in [-0.4, -0.2) is 43.3 Å². The molecule has 1 saturated heterocycles. The molecule has 0 aliphatic carbocycles. The summed E-state index contributed by atoms with van der Waals surface area (Å²) < 4.78 is 5.79. The molecule has 1 heterocycles. The van der Waals surface area contributed by atoms with E-state index >= 15 is 0 Å². The van der Waals surface area contributed by atoms with Crippen LogP contribution in [0.4, 0.5) is 4.79 Å². The summed E-state index contributed by atoms with van der Waals surface area (Å²) in [4.78, 5) is 14.4. The Balaban J connectivity index is 1.38. The van der Waals surface area contributed by atoms with Crippen molar-refractivity contribution in [3.8, 4) is 0 Å². The third-order valence-corrected chi connectivity index (χ3v) is 4.54. The topological polar surface area (TPSA) is 53.6 Å². The second-order valence-corrected chi connectivity index (χ2v) is 6.76. The van der Waals surface area contributed by atoms with Gasteiger partial charge in [-0.25, -0.2) is 4.79 Å². The van der Waals surface area contributed by atoms with E-state index in [4.69, 9.17) is 4.74 Å². The number of morpholine rings is 1. The van der Waals surface area contributed by atoms with Gasteiger partial charge in [0.15, 0.2) is 0 Å². The quantitative estimate of drug-likeness (QED) is 0.840. The summed E-state index contributed by atoms with van der Waals surface area (Å²) in [5.41, 5.74) is 3.61. The molecule has 2 aromatic rings. The minimum atomic E-state index is -0.158. The van der Waals surface area contributed by atoms with Gasteiger partial charge in [-0.2, -0.15) is 0 Å². The van der Waals surface area contributed by atoms with Gasteiger partial charge in [-0.05, 0) is 18.1 Å². The molecule has 3 rings (SSSR count). The number of ether oxygens (including phenoxy) is 1. The van der Waals surface area contributed by atoms with Gasteiger partial charge in [0.1, 0.15) is 0 Å². The molecule has 2 aromatic carbocycles. The van der Waals surface area contributed by atoms with E-state index < -0.39 is 0 Å². The van der Waals surface area contributed by atoms with Gasteiger partial charge in [0.25, 0.3) is 0 Å². The molecule has 0 aromatic heterocycles. The lowest BCUT2D eigenvalue weighted by atomic mass is 10.1. The predicted octanol–water partition coefficient (Wildman–Crippen LogP) is 2.70. The van der Waals surface area contributed by atoms with Crippen LogP contribution >= 0.6 is 0 Å². The molecule has 1 atom stereocenters. The van der Waals surface area contributed by atoms with Crippen molar-refractivity contribution in [2.24, 2.45) is 0 Å². The number of hydrogen-bond donors (Lipinski definition) is 2. The molecule has 5 heteroatoms. The molecule has 138 valence electrons. The van der Waals surface area contributed by atoms with E-state index in [1.54, 1.807) is 0 Å². The Morgan fingerprint density at radius 3 is 2.62 bits per heavy atom. The van der Waals surface area contributed by atoms with E-state index in [2.05, 4.69) is 46.7 Å². The average Bonchev–Trinajstić information content (AvgIpc) is 2.67. The Morgan fingerprint density at radius 2 is 1.85 bits per heavy atom. The highest BCUT2D eigenvalue weighted by molar-refractivity contribution is 5.73. The normalized spacial score (nSPS) is 17.7. The standard InChI is InChI=1S/C21H27N3O2/c1-17-7-9-18(10-8-17)13-22-21(25)23-14-20-16-24(11-12-26-20)15-19-5-3-2-4-6-19/h2-10,20H,11-16H2,1H3,(H2,22,23,25)/t20-/m1/s1. The van der Waals surface area contributed by atoms with E-state index in [1.807, 2.05) is 30.3 Å². The summed E-state index contributed by atoms with van der Waals surface area (Å²) in [7, 11) is 0. The molecule has 5 nitrogen and oxygen atoms in total. The summed E-state index contributed by atoms with van der Waals surface area (Å²) in [6.45, 7) is 6.46. The maximum Gasteiger partial charge on any atom is 0.315 e. The first-order chi connectivity index (χ1) is 12.7. The molecule has 0 saturated carbocycles. The van der Waals surface area contributed by atoms with Crippen LogP contribution in [0.25, 0.3) is 0 Å². The second-order valence-electron chi connectivity index (χ2n) is 6.76. The molecule has 0 bridgehead atoms. The van der Waals surface area contributed by atoms with Gasteiger partial charge in [-0.15, -0.1) is 0 Å². The highest BCUT2D eigenvalue weighted by Gasteiger charge is 2.20. The van der Waals surface area contributed by atoms with Crippen LogP contribution in [0.1, 0.15) is 16.7 Å². The smallest absolute Gasteiger partial charge is 0.315 e. The fraction of sp³-hybridized carbons (Fsp3) is 0.381. The molecule has 2 N–H and O–H groups in total. The number of nitrogens with one attached hydrogen (secondary N) is 2. The van der Waals surface area contributed by atoms with Gasteiger partial charge in [0.05, 0.1) is 12.7 Å². The van der Waals surface area contributed by atoms with Crippen molar-refractivity contribution in [3.63, 3.8) is 0 Å². The maximum atomic E-state index is 12.0. The highest BCUT2D eigenvalue weighted by Crippen LogP contribution is 2.10. The first-order valence-corrected chi connectivity index (χ1v) is 9.14. The van der Waals surface area contributed by atoms with E-state index in [0.29, 0.717) is 19.7 Å². The summed E-state index contributed by atoms with van der Waals surface area (Å²) in [6.07, 6.45) is 0.0255. The van der Waals surface area contributed by atoms with E-state index in [1.165, 1.54) is 11.1 Å². The van der Waals surface area contributed by atoms with E-state index in [0.717, 1.165) is 25.2 Å². The molecular weight excluding hydrogens is 326 g/mol. The van der Waals surface area contributed by atoms with Crippen molar-refractivity contribution < 1.29 is 9.53 Å². The third kappa shape index (κ3) is 5.86. The Labute approximate surface area is 155 Å². The van der Waals surface area contributed by atoms with Crippen LogP contribution < -0.4 is 10.6 Å². The predicted molar refractivity (Wildman–Crippen MR) is 103 cm³/mol. The van der Waals surface area contributed by atoms with Gasteiger partial charge < -0.3 is 15.4 Å². The zero-order valence-corrected chi connectivity index (χ0v) is 15.3. The largest absolute Gasteiger partial charge is 0.374 e. The van der Waals surface area contributed by atoms with Crippen LogP contribution in [0, 0.1) is 6.92 Å². The van der Waals surface area contributed by atoms with Gasteiger partial charge in [0.2, 0.25) is 0 Å². The fourth-order valence-corrected chi connectivity index (χ4v) is 3.05. The van der Waals surface area contributed by atoms with Gasteiger partial charge in [-0.1, -0.05) is 60.2 Å². The number of carbonyl (C=O) groups excluding carboxylic acids is 1. The summed E-state index contributed by atoms with van der Waals surface area (Å²) in [5, 5.41) is 5.81. The SMILES string of the molecule is Cc1ccc(CNC(=O)NC[C@@H]2CN(Cc3ccccc3)CCO2)cc1.